The minimum atomic E-state index is -4.79. The molecule has 31 heavy (non-hydrogen) atoms. The van der Waals surface area contributed by atoms with Gasteiger partial charge in [-0.15, -0.1) is 23.4 Å². The Bertz CT molecular complexity index is 1040. The van der Waals surface area contributed by atoms with Crippen molar-refractivity contribution in [2.75, 3.05) is 13.2 Å². The van der Waals surface area contributed by atoms with E-state index >= 15 is 0 Å². The molecular weight excluding hydrogens is 511 g/mol. The summed E-state index contributed by atoms with van der Waals surface area (Å²) < 4.78 is 52.3. The predicted molar refractivity (Wildman–Crippen MR) is 103 cm³/mol. The Labute approximate surface area is 184 Å². The van der Waals surface area contributed by atoms with Crippen molar-refractivity contribution in [3.63, 3.8) is 0 Å². The fraction of sp³-hybridized carbons (Fsp3) is 0.312. The van der Waals surface area contributed by atoms with E-state index in [0.29, 0.717) is 21.0 Å². The minimum absolute atomic E-state index is 0.178. The van der Waals surface area contributed by atoms with Gasteiger partial charge in [0.1, 0.15) is 11.5 Å². The molecule has 15 heteroatoms. The van der Waals surface area contributed by atoms with Gasteiger partial charge in [0.25, 0.3) is 5.19 Å². The zero-order valence-electron chi connectivity index (χ0n) is 15.4. The number of halogens is 4. The van der Waals surface area contributed by atoms with Crippen molar-refractivity contribution in [2.45, 2.75) is 19.3 Å². The van der Waals surface area contributed by atoms with Crippen LogP contribution in [0.5, 0.6) is 16.7 Å². The topological polar surface area (TPSA) is 121 Å². The lowest BCUT2D eigenvalue weighted by Crippen LogP contribution is -2.17. The zero-order chi connectivity index (χ0) is 22.4. The maximum Gasteiger partial charge on any atom is 0.573 e. The van der Waals surface area contributed by atoms with Crippen LogP contribution in [0.3, 0.4) is 0 Å². The molecular formula is C16H13BrF3N5O5S. The van der Waals surface area contributed by atoms with Crippen molar-refractivity contribution < 1.29 is 37.3 Å². The molecule has 0 fully saturated rings. The highest BCUT2D eigenvalue weighted by atomic mass is 79.9. The molecule has 2 aromatic heterocycles. The van der Waals surface area contributed by atoms with Crippen LogP contribution in [0, 0.1) is 0 Å². The maximum absolute atomic E-state index is 12.3. The van der Waals surface area contributed by atoms with Gasteiger partial charge >= 0.3 is 12.3 Å². The van der Waals surface area contributed by atoms with E-state index in [-0.39, 0.29) is 30.5 Å². The molecule has 0 aliphatic rings. The normalized spacial score (nSPS) is 11.4. The van der Waals surface area contributed by atoms with Crippen LogP contribution in [0.15, 0.2) is 28.9 Å². The summed E-state index contributed by atoms with van der Waals surface area (Å²) in [6.45, 7) is 0.0103. The summed E-state index contributed by atoms with van der Waals surface area (Å²) in [6.07, 6.45) is -2.88. The quantitative estimate of drug-likeness (QED) is 0.398. The van der Waals surface area contributed by atoms with Gasteiger partial charge in [0, 0.05) is 12.5 Å². The summed E-state index contributed by atoms with van der Waals surface area (Å²) in [5.41, 5.74) is 0. The van der Waals surface area contributed by atoms with Gasteiger partial charge < -0.3 is 19.3 Å². The van der Waals surface area contributed by atoms with Crippen molar-refractivity contribution >= 4 is 33.2 Å². The van der Waals surface area contributed by atoms with Crippen LogP contribution >= 0.6 is 27.3 Å². The molecule has 2 heterocycles. The van der Waals surface area contributed by atoms with Gasteiger partial charge in [-0.25, -0.2) is 4.98 Å². The monoisotopic (exact) mass is 523 g/mol. The standard InChI is InChI=1S/C16H13BrF3N5O5S/c17-10-3-2-9(30-16(18,19)20)6-11(10)28-4-1-5-29-15-21-7-12(31-15)14-22-24-25(23-14)8-13(26)27/h2-3,6-7H,1,4-5,8H2,(H,26,27). The first-order valence-corrected chi connectivity index (χ1v) is 10.1. The number of alkyl halides is 3. The zero-order valence-corrected chi connectivity index (χ0v) is 17.8. The van der Waals surface area contributed by atoms with E-state index in [1.165, 1.54) is 18.3 Å². The Hall–Kier alpha value is -2.94. The second kappa shape index (κ2) is 9.91. The summed E-state index contributed by atoms with van der Waals surface area (Å²) in [5, 5.41) is 20.4. The third-order valence-electron chi connectivity index (χ3n) is 3.34. The SMILES string of the molecule is O=C(O)Cn1nnc(-c2cnc(OCCCOc3cc(OC(F)(F)F)ccc3Br)s2)n1. The second-order valence-corrected chi connectivity index (χ2v) is 7.57. The first kappa shape index (κ1) is 22.7. The van der Waals surface area contributed by atoms with Gasteiger partial charge in [-0.3, -0.25) is 4.79 Å². The van der Waals surface area contributed by atoms with Gasteiger partial charge in [0.05, 0.1) is 28.8 Å². The van der Waals surface area contributed by atoms with Gasteiger partial charge in [-0.1, -0.05) is 11.3 Å². The largest absolute Gasteiger partial charge is 0.573 e. The fourth-order valence-electron chi connectivity index (χ4n) is 2.15. The summed E-state index contributed by atoms with van der Waals surface area (Å²) >= 11 is 4.35. The van der Waals surface area contributed by atoms with E-state index in [1.54, 1.807) is 0 Å². The number of rotatable bonds is 10. The lowest BCUT2D eigenvalue weighted by atomic mass is 10.3. The van der Waals surface area contributed by atoms with Crippen LogP contribution in [0.4, 0.5) is 13.2 Å². The molecule has 1 N–H and O–H groups in total. The molecule has 3 rings (SSSR count). The van der Waals surface area contributed by atoms with Crippen molar-refractivity contribution in [1.29, 1.82) is 0 Å². The van der Waals surface area contributed by atoms with E-state index in [2.05, 4.69) is 41.1 Å². The van der Waals surface area contributed by atoms with E-state index in [9.17, 15) is 18.0 Å². The number of benzene rings is 1. The number of hydrogen-bond acceptors (Lipinski definition) is 9. The van der Waals surface area contributed by atoms with E-state index < -0.39 is 18.9 Å². The number of ether oxygens (including phenoxy) is 3. The molecule has 3 aromatic rings. The predicted octanol–water partition coefficient (Wildman–Crippen LogP) is 3.39. The maximum atomic E-state index is 12.3. The second-order valence-electron chi connectivity index (χ2n) is 5.72. The Morgan fingerprint density at radius 2 is 2.03 bits per heavy atom. The number of tetrazole rings is 1. The molecule has 0 saturated carbocycles. The molecule has 1 aromatic carbocycles. The molecule has 10 nitrogen and oxygen atoms in total. The molecule has 0 atom stereocenters. The number of carboxylic acid groups (broad SMARTS) is 1. The highest BCUT2D eigenvalue weighted by Crippen LogP contribution is 2.32. The Balaban J connectivity index is 1.45. The van der Waals surface area contributed by atoms with E-state index in [4.69, 9.17) is 14.6 Å². The minimum Gasteiger partial charge on any atom is -0.492 e. The highest BCUT2D eigenvalue weighted by molar-refractivity contribution is 9.10. The lowest BCUT2D eigenvalue weighted by molar-refractivity contribution is -0.274. The Morgan fingerprint density at radius 1 is 1.26 bits per heavy atom. The van der Waals surface area contributed by atoms with Gasteiger partial charge in [-0.2, -0.15) is 4.80 Å². The molecule has 0 unspecified atom stereocenters. The molecule has 0 aliphatic carbocycles. The molecule has 0 spiro atoms. The van der Waals surface area contributed by atoms with E-state index in [1.807, 2.05) is 0 Å². The molecule has 0 aliphatic heterocycles. The molecule has 0 saturated heterocycles. The Kier molecular flexibility index (Phi) is 7.27. The summed E-state index contributed by atoms with van der Waals surface area (Å²) in [6, 6.07) is 3.70. The summed E-state index contributed by atoms with van der Waals surface area (Å²) in [5.74, 6) is -1.05. The number of carbonyl (C=O) groups is 1. The van der Waals surface area contributed by atoms with Crippen LogP contribution in [0.2, 0.25) is 0 Å². The molecule has 0 amide bonds. The van der Waals surface area contributed by atoms with Gasteiger partial charge in [0.15, 0.2) is 6.54 Å². The molecule has 0 bridgehead atoms. The molecule has 0 radical (unpaired) electrons. The number of thiazole rings is 1. The first-order valence-electron chi connectivity index (χ1n) is 8.46. The van der Waals surface area contributed by atoms with Crippen LogP contribution in [-0.2, 0) is 11.3 Å². The van der Waals surface area contributed by atoms with Crippen molar-refractivity contribution in [3.8, 4) is 27.4 Å². The third kappa shape index (κ3) is 7.06. The van der Waals surface area contributed by atoms with Crippen LogP contribution < -0.4 is 14.2 Å². The number of carboxylic acids is 1. The number of aromatic nitrogens is 5. The summed E-state index contributed by atoms with van der Waals surface area (Å²) in [4.78, 5) is 16.2. The summed E-state index contributed by atoms with van der Waals surface area (Å²) in [7, 11) is 0. The lowest BCUT2D eigenvalue weighted by Gasteiger charge is -2.12. The highest BCUT2D eigenvalue weighted by Gasteiger charge is 2.31. The van der Waals surface area contributed by atoms with Crippen LogP contribution in [0.1, 0.15) is 6.42 Å². The first-order chi connectivity index (χ1) is 14.7. The van der Waals surface area contributed by atoms with Crippen molar-refractivity contribution in [3.05, 3.63) is 28.9 Å². The van der Waals surface area contributed by atoms with Crippen molar-refractivity contribution in [2.24, 2.45) is 0 Å². The smallest absolute Gasteiger partial charge is 0.492 e. The van der Waals surface area contributed by atoms with Crippen LogP contribution in [0.25, 0.3) is 10.7 Å². The average molecular weight is 524 g/mol. The number of nitrogens with zero attached hydrogens (tertiary/aromatic N) is 5. The Morgan fingerprint density at radius 3 is 2.77 bits per heavy atom. The third-order valence-corrected chi connectivity index (χ3v) is 4.90. The fourth-order valence-corrected chi connectivity index (χ4v) is 3.23. The van der Waals surface area contributed by atoms with E-state index in [0.717, 1.165) is 22.2 Å². The van der Waals surface area contributed by atoms with Crippen molar-refractivity contribution in [1.82, 2.24) is 25.2 Å². The average Bonchev–Trinajstić information content (AvgIpc) is 3.31. The van der Waals surface area contributed by atoms with Gasteiger partial charge in [0.2, 0.25) is 5.82 Å². The number of aliphatic carboxylic acids is 1. The van der Waals surface area contributed by atoms with Crippen LogP contribution in [-0.4, -0.2) is 55.8 Å². The van der Waals surface area contributed by atoms with Gasteiger partial charge in [-0.05, 0) is 33.3 Å². The molecule has 166 valence electrons. The number of hydrogen-bond donors (Lipinski definition) is 1.